The Morgan fingerprint density at radius 2 is 1.55 bits per heavy atom. The highest BCUT2D eigenvalue weighted by Gasteiger charge is 2.36. The van der Waals surface area contributed by atoms with Gasteiger partial charge in [-0.25, -0.2) is 4.79 Å². The average Bonchev–Trinajstić information content (AvgIpc) is 3.09. The number of hydrogen-bond donors (Lipinski definition) is 2. The molecular weight excluding hydrogens is 660 g/mol. The summed E-state index contributed by atoms with van der Waals surface area (Å²) in [5.41, 5.74) is 2.52. The van der Waals surface area contributed by atoms with Crippen LogP contribution in [0.5, 0.6) is 28.7 Å². The molecule has 12 heteroatoms. The molecule has 0 fully saturated rings. The van der Waals surface area contributed by atoms with Gasteiger partial charge in [-0.15, -0.1) is 0 Å². The maximum Gasteiger partial charge on any atom is 0.329 e. The number of methoxy groups -OCH3 is 4. The van der Waals surface area contributed by atoms with Crippen molar-refractivity contribution in [1.29, 1.82) is 0 Å². The number of hydrogen-bond acceptors (Lipinski definition) is 11. The first-order valence-electron chi connectivity index (χ1n) is 17.1. The number of rotatable bonds is 21. The molecule has 51 heavy (non-hydrogen) atoms. The van der Waals surface area contributed by atoms with Crippen LogP contribution in [0, 0.1) is 0 Å². The molecule has 0 aliphatic carbocycles. The van der Waals surface area contributed by atoms with Gasteiger partial charge in [0.25, 0.3) is 0 Å². The lowest BCUT2D eigenvalue weighted by molar-refractivity contribution is -0.148. The summed E-state index contributed by atoms with van der Waals surface area (Å²) in [6, 6.07) is 5.41. The summed E-state index contributed by atoms with van der Waals surface area (Å²) in [7, 11) is 6.19. The number of aliphatic hydroxyl groups excluding tert-OH is 1. The van der Waals surface area contributed by atoms with Gasteiger partial charge >= 0.3 is 5.97 Å². The van der Waals surface area contributed by atoms with E-state index in [-0.39, 0.29) is 24.6 Å². The summed E-state index contributed by atoms with van der Waals surface area (Å²) in [5, 5.41) is 18.0. The van der Waals surface area contributed by atoms with Gasteiger partial charge < -0.3 is 43.4 Å². The second kappa shape index (κ2) is 18.4. The van der Waals surface area contributed by atoms with Crippen LogP contribution in [0.2, 0.25) is 0 Å². The van der Waals surface area contributed by atoms with E-state index in [0.29, 0.717) is 59.1 Å². The molecule has 1 atom stereocenters. The van der Waals surface area contributed by atoms with Crippen LogP contribution in [0.4, 0.5) is 0 Å². The highest BCUT2D eigenvalue weighted by molar-refractivity contribution is 6.03. The minimum absolute atomic E-state index is 0.0569. The highest BCUT2D eigenvalue weighted by Crippen LogP contribution is 2.48. The molecule has 282 valence electrons. The molecule has 1 heterocycles. The van der Waals surface area contributed by atoms with Gasteiger partial charge in [-0.2, -0.15) is 0 Å². The largest absolute Gasteiger partial charge is 0.496 e. The van der Waals surface area contributed by atoms with Crippen molar-refractivity contribution in [3.8, 4) is 28.7 Å². The number of Topliss-reactive ketones (excluding diaryl/α,β-unsaturated/α-hetero) is 2. The normalized spacial score (nSPS) is 14.8. The number of carbonyl (C=O) groups is 3. The quantitative estimate of drug-likeness (QED) is 0.140. The van der Waals surface area contributed by atoms with E-state index in [2.05, 4.69) is 13.0 Å². The number of allylic oxidation sites excluding steroid dienone is 2. The van der Waals surface area contributed by atoms with E-state index >= 15 is 0 Å². The number of carboxylic acids is 1. The summed E-state index contributed by atoms with van der Waals surface area (Å²) in [6.45, 7) is 8.48. The lowest BCUT2D eigenvalue weighted by Crippen LogP contribution is -2.28. The smallest absolute Gasteiger partial charge is 0.329 e. The minimum Gasteiger partial charge on any atom is -0.496 e. The topological polar surface area (TPSA) is 156 Å². The summed E-state index contributed by atoms with van der Waals surface area (Å²) in [6.07, 6.45) is 5.27. The van der Waals surface area contributed by atoms with Crippen LogP contribution < -0.4 is 23.7 Å². The monoisotopic (exact) mass is 714 g/mol. The number of aliphatic hydroxyl groups is 1. The first-order valence-corrected chi connectivity index (χ1v) is 17.1. The first kappa shape index (κ1) is 41.3. The Balaban J connectivity index is 1.89. The molecule has 1 aliphatic heterocycles. The Hall–Kier alpha value is -4.13. The van der Waals surface area contributed by atoms with Gasteiger partial charge in [0.15, 0.2) is 23.1 Å². The van der Waals surface area contributed by atoms with Crippen LogP contribution >= 0.6 is 0 Å². The molecule has 3 rings (SSSR count). The molecule has 1 unspecified atom stereocenters. The second-order valence-electron chi connectivity index (χ2n) is 13.9. The molecule has 12 nitrogen and oxygen atoms in total. The average molecular weight is 715 g/mol. The molecule has 2 aromatic carbocycles. The molecule has 2 aromatic rings. The third kappa shape index (κ3) is 11.2. The predicted molar refractivity (Wildman–Crippen MR) is 191 cm³/mol. The fourth-order valence-corrected chi connectivity index (χ4v) is 6.13. The molecule has 0 saturated carbocycles. The van der Waals surface area contributed by atoms with Gasteiger partial charge in [-0.1, -0.05) is 17.7 Å². The number of ether oxygens (including phenoxy) is 7. The van der Waals surface area contributed by atoms with Crippen LogP contribution in [0.15, 0.2) is 29.8 Å². The molecule has 0 spiro atoms. The van der Waals surface area contributed by atoms with Crippen LogP contribution in [0.3, 0.4) is 0 Å². The van der Waals surface area contributed by atoms with Gasteiger partial charge in [-0.05, 0) is 79.2 Å². The molecule has 0 radical (unpaired) electrons. The van der Waals surface area contributed by atoms with Crippen molar-refractivity contribution in [3.63, 3.8) is 0 Å². The third-order valence-corrected chi connectivity index (χ3v) is 9.05. The van der Waals surface area contributed by atoms with Crippen molar-refractivity contribution in [3.05, 3.63) is 52.1 Å². The number of fused-ring (bicyclic) bond motifs is 1. The summed E-state index contributed by atoms with van der Waals surface area (Å²) in [5.74, 6) is 0.749. The summed E-state index contributed by atoms with van der Waals surface area (Å²) in [4.78, 5) is 36.5. The molecular formula is C39H54O12. The number of ketones is 2. The van der Waals surface area contributed by atoms with E-state index in [4.69, 9.17) is 43.4 Å². The van der Waals surface area contributed by atoms with E-state index in [9.17, 15) is 14.4 Å². The molecule has 0 bridgehead atoms. The number of carbonyl (C=O) groups excluding carboxylic acids is 2. The van der Waals surface area contributed by atoms with Crippen LogP contribution in [0.1, 0.15) is 99.9 Å². The van der Waals surface area contributed by atoms with Gasteiger partial charge in [-0.3, -0.25) is 9.59 Å². The Kier molecular flexibility index (Phi) is 14.9. The predicted octanol–water partition coefficient (Wildman–Crippen LogP) is 6.26. The molecule has 1 aliphatic rings. The summed E-state index contributed by atoms with van der Waals surface area (Å²) >= 11 is 0. The Labute approximate surface area is 301 Å². The highest BCUT2D eigenvalue weighted by atomic mass is 16.5. The molecule has 0 saturated heterocycles. The lowest BCUT2D eigenvalue weighted by Gasteiger charge is -2.31. The van der Waals surface area contributed by atoms with Gasteiger partial charge in [0, 0.05) is 22.8 Å². The van der Waals surface area contributed by atoms with Gasteiger partial charge in [0.05, 0.1) is 46.1 Å². The standard InChI is InChI=1S/C39H54O12/c1-24(11-10-17-38(2,3)49-22-25(41)21-40)12-13-27-26(14-15-30(45-6)36(27)47-8)32-19-29(42)35-33(51-32)20-31(46-7)28(37(35)48-9)16-18-39(4,5)50-23-34(43)44/h12,14-15,20,32,40H,10-11,13,16-19,21-23H2,1-9H3,(H,43,44)/b24-12+. The second-order valence-corrected chi connectivity index (χ2v) is 13.9. The molecule has 0 aromatic heterocycles. The van der Waals surface area contributed by atoms with Gasteiger partial charge in [0.2, 0.25) is 0 Å². The third-order valence-electron chi connectivity index (χ3n) is 9.05. The fourth-order valence-electron chi connectivity index (χ4n) is 6.13. The van der Waals surface area contributed by atoms with E-state index in [1.165, 1.54) is 14.2 Å². The van der Waals surface area contributed by atoms with Crippen molar-refractivity contribution in [2.45, 2.75) is 96.9 Å². The van der Waals surface area contributed by atoms with Crippen molar-refractivity contribution in [1.82, 2.24) is 0 Å². The van der Waals surface area contributed by atoms with Crippen molar-refractivity contribution in [2.75, 3.05) is 48.3 Å². The maximum atomic E-state index is 13.9. The van der Waals surface area contributed by atoms with E-state index < -0.39 is 36.5 Å². The van der Waals surface area contributed by atoms with E-state index in [1.54, 1.807) is 26.4 Å². The van der Waals surface area contributed by atoms with Crippen LogP contribution in [-0.2, 0) is 31.9 Å². The molecule has 2 N–H and O–H groups in total. The summed E-state index contributed by atoms with van der Waals surface area (Å²) < 4.78 is 40.9. The Bertz CT molecular complexity index is 1570. The number of benzene rings is 2. The van der Waals surface area contributed by atoms with Crippen molar-refractivity contribution in [2.24, 2.45) is 0 Å². The van der Waals surface area contributed by atoms with Gasteiger partial charge in [0.1, 0.15) is 48.7 Å². The zero-order valence-electron chi connectivity index (χ0n) is 31.4. The minimum atomic E-state index is -1.05. The Morgan fingerprint density at radius 1 is 0.902 bits per heavy atom. The molecule has 0 amide bonds. The van der Waals surface area contributed by atoms with E-state index in [1.807, 2.05) is 33.8 Å². The zero-order chi connectivity index (χ0) is 37.9. The fraction of sp³-hybridized carbons (Fsp3) is 0.564. The van der Waals surface area contributed by atoms with E-state index in [0.717, 1.165) is 36.0 Å². The van der Waals surface area contributed by atoms with Crippen LogP contribution in [0.25, 0.3) is 0 Å². The lowest BCUT2D eigenvalue weighted by atomic mass is 9.88. The number of carboxylic acid groups (broad SMARTS) is 1. The Morgan fingerprint density at radius 3 is 2.16 bits per heavy atom. The number of aliphatic carboxylic acids is 1. The van der Waals surface area contributed by atoms with Crippen molar-refractivity contribution >= 4 is 17.5 Å². The van der Waals surface area contributed by atoms with Crippen LogP contribution in [-0.4, -0.2) is 87.2 Å². The van der Waals surface area contributed by atoms with Crippen molar-refractivity contribution < 1.29 is 57.8 Å². The first-order chi connectivity index (χ1) is 24.1. The maximum absolute atomic E-state index is 13.9. The zero-order valence-corrected chi connectivity index (χ0v) is 31.4. The SMILES string of the molecule is COc1cc2c(c(OC)c1CCC(C)(C)OCC(=O)O)C(=O)CC(c1ccc(OC)c(OC)c1C/C=C(\C)CCCC(C)(C)OCC(=O)CO)O2.